The van der Waals surface area contributed by atoms with Gasteiger partial charge in [0.1, 0.15) is 11.3 Å². The van der Waals surface area contributed by atoms with Crippen molar-refractivity contribution in [1.82, 2.24) is 15.3 Å². The summed E-state index contributed by atoms with van der Waals surface area (Å²) in [6, 6.07) is 14.3. The van der Waals surface area contributed by atoms with Crippen LogP contribution in [0.5, 0.6) is 11.6 Å². The Balaban J connectivity index is 1.78. The summed E-state index contributed by atoms with van der Waals surface area (Å²) >= 11 is 0. The highest BCUT2D eigenvalue weighted by Crippen LogP contribution is 2.22. The number of aromatic nitrogens is 2. The summed E-state index contributed by atoms with van der Waals surface area (Å²) in [5.74, 6) is 0.445. The molecule has 1 amide bonds. The van der Waals surface area contributed by atoms with Crippen LogP contribution in [0.2, 0.25) is 0 Å². The van der Waals surface area contributed by atoms with Crippen molar-refractivity contribution >= 4 is 5.91 Å². The van der Waals surface area contributed by atoms with E-state index in [4.69, 9.17) is 4.74 Å². The normalized spacial score (nSPS) is 10.4. The second kappa shape index (κ2) is 7.65. The molecule has 0 saturated carbocycles. The summed E-state index contributed by atoms with van der Waals surface area (Å²) in [5, 5.41) is 2.76. The van der Waals surface area contributed by atoms with Crippen LogP contribution in [0.1, 0.15) is 27.2 Å². The average Bonchev–Trinajstić information content (AvgIpc) is 2.62. The quantitative estimate of drug-likeness (QED) is 0.741. The molecule has 26 heavy (non-hydrogen) atoms. The molecule has 0 atom stereocenters. The number of H-pyrrole nitrogens is 1. The number of nitrogens with zero attached hydrogens (tertiary/aromatic N) is 1. The fourth-order valence-electron chi connectivity index (χ4n) is 2.61. The predicted molar refractivity (Wildman–Crippen MR) is 98.5 cm³/mol. The molecule has 6 nitrogen and oxygen atoms in total. The van der Waals surface area contributed by atoms with Gasteiger partial charge < -0.3 is 15.0 Å². The lowest BCUT2D eigenvalue weighted by atomic mass is 10.1. The third-order valence-electron chi connectivity index (χ3n) is 3.89. The number of nitrogens with one attached hydrogen (secondary N) is 2. The SMILES string of the molecule is Cc1cc(C)c(CNC(=O)c2cccnc2Oc2ccccc2)c(=O)[nH]1. The number of aromatic amines is 1. The van der Waals surface area contributed by atoms with Crippen molar-refractivity contribution in [3.63, 3.8) is 0 Å². The zero-order valence-corrected chi connectivity index (χ0v) is 14.6. The average molecular weight is 349 g/mol. The number of hydrogen-bond acceptors (Lipinski definition) is 4. The maximum atomic E-state index is 12.6. The molecule has 0 aliphatic carbocycles. The number of benzene rings is 1. The third-order valence-corrected chi connectivity index (χ3v) is 3.89. The lowest BCUT2D eigenvalue weighted by Gasteiger charge is -2.11. The largest absolute Gasteiger partial charge is 0.438 e. The van der Waals surface area contributed by atoms with Gasteiger partial charge in [-0.1, -0.05) is 18.2 Å². The second-order valence-electron chi connectivity index (χ2n) is 5.90. The van der Waals surface area contributed by atoms with E-state index in [-0.39, 0.29) is 23.9 Å². The van der Waals surface area contributed by atoms with E-state index in [1.807, 2.05) is 38.1 Å². The Morgan fingerprint density at radius 1 is 1.15 bits per heavy atom. The third kappa shape index (κ3) is 3.97. The minimum absolute atomic E-state index is 0.125. The molecular weight excluding hydrogens is 330 g/mol. The number of rotatable bonds is 5. The fraction of sp³-hybridized carbons (Fsp3) is 0.150. The molecule has 2 heterocycles. The summed E-state index contributed by atoms with van der Waals surface area (Å²) < 4.78 is 5.71. The Hall–Kier alpha value is -3.41. The first-order valence-electron chi connectivity index (χ1n) is 8.20. The van der Waals surface area contributed by atoms with Crippen molar-refractivity contribution in [3.05, 3.63) is 87.5 Å². The number of amides is 1. The van der Waals surface area contributed by atoms with Crippen LogP contribution in [-0.2, 0) is 6.54 Å². The van der Waals surface area contributed by atoms with Gasteiger partial charge in [0.25, 0.3) is 11.5 Å². The summed E-state index contributed by atoms with van der Waals surface area (Å²) in [6.07, 6.45) is 1.56. The van der Waals surface area contributed by atoms with Gasteiger partial charge in [0.15, 0.2) is 0 Å². The first kappa shape index (κ1) is 17.4. The number of pyridine rings is 2. The van der Waals surface area contributed by atoms with Crippen LogP contribution < -0.4 is 15.6 Å². The molecule has 132 valence electrons. The Kier molecular flexibility index (Phi) is 5.12. The highest BCUT2D eigenvalue weighted by Gasteiger charge is 2.15. The Labute approximate surface area is 150 Å². The zero-order valence-electron chi connectivity index (χ0n) is 14.6. The molecule has 0 saturated heterocycles. The summed E-state index contributed by atoms with van der Waals surface area (Å²) in [7, 11) is 0. The van der Waals surface area contributed by atoms with Gasteiger partial charge in [-0.25, -0.2) is 4.98 Å². The van der Waals surface area contributed by atoms with Gasteiger partial charge in [-0.15, -0.1) is 0 Å². The van der Waals surface area contributed by atoms with E-state index in [1.54, 1.807) is 30.5 Å². The molecule has 0 aliphatic heterocycles. The van der Waals surface area contributed by atoms with E-state index in [9.17, 15) is 9.59 Å². The molecule has 6 heteroatoms. The number of hydrogen-bond donors (Lipinski definition) is 2. The summed E-state index contributed by atoms with van der Waals surface area (Å²) in [5.41, 5.74) is 2.25. The summed E-state index contributed by atoms with van der Waals surface area (Å²) in [4.78, 5) is 31.5. The highest BCUT2D eigenvalue weighted by atomic mass is 16.5. The Morgan fingerprint density at radius 2 is 1.92 bits per heavy atom. The van der Waals surface area contributed by atoms with Crippen LogP contribution in [-0.4, -0.2) is 15.9 Å². The van der Waals surface area contributed by atoms with Gasteiger partial charge in [-0.3, -0.25) is 9.59 Å². The number of aryl methyl sites for hydroxylation is 2. The first-order valence-corrected chi connectivity index (χ1v) is 8.20. The van der Waals surface area contributed by atoms with Crippen LogP contribution in [0.25, 0.3) is 0 Å². The topological polar surface area (TPSA) is 84.1 Å². The van der Waals surface area contributed by atoms with E-state index in [0.29, 0.717) is 16.9 Å². The Bertz CT molecular complexity index is 981. The molecule has 0 radical (unpaired) electrons. The number of para-hydroxylation sites is 1. The van der Waals surface area contributed by atoms with E-state index < -0.39 is 0 Å². The van der Waals surface area contributed by atoms with Crippen molar-refractivity contribution in [2.24, 2.45) is 0 Å². The van der Waals surface area contributed by atoms with Gasteiger partial charge in [0, 0.05) is 24.0 Å². The maximum Gasteiger partial charge on any atom is 0.257 e. The summed E-state index contributed by atoms with van der Waals surface area (Å²) in [6.45, 7) is 3.79. The van der Waals surface area contributed by atoms with Gasteiger partial charge in [0.05, 0.1) is 0 Å². The highest BCUT2D eigenvalue weighted by molar-refractivity contribution is 5.96. The molecule has 0 fully saturated rings. The zero-order chi connectivity index (χ0) is 18.5. The van der Waals surface area contributed by atoms with Crippen molar-refractivity contribution in [2.75, 3.05) is 0 Å². The number of ether oxygens (including phenoxy) is 1. The standard InChI is InChI=1S/C20H19N3O3/c1-13-11-14(2)23-19(25)17(13)12-22-18(24)16-9-6-10-21-20(16)26-15-7-4-3-5-8-15/h3-11H,12H2,1-2H3,(H,22,24)(H,23,25). The van der Waals surface area contributed by atoms with Crippen molar-refractivity contribution in [1.29, 1.82) is 0 Å². The Morgan fingerprint density at radius 3 is 2.65 bits per heavy atom. The molecule has 0 unspecified atom stereocenters. The lowest BCUT2D eigenvalue weighted by Crippen LogP contribution is -2.28. The van der Waals surface area contributed by atoms with Crippen LogP contribution in [0.3, 0.4) is 0 Å². The molecule has 0 aliphatic rings. The molecule has 0 spiro atoms. The van der Waals surface area contributed by atoms with E-state index in [0.717, 1.165) is 11.3 Å². The molecule has 1 aromatic carbocycles. The monoisotopic (exact) mass is 349 g/mol. The van der Waals surface area contributed by atoms with Crippen molar-refractivity contribution < 1.29 is 9.53 Å². The fourth-order valence-corrected chi connectivity index (χ4v) is 2.61. The maximum absolute atomic E-state index is 12.6. The second-order valence-corrected chi connectivity index (χ2v) is 5.90. The van der Waals surface area contributed by atoms with Gasteiger partial charge in [-0.05, 0) is 49.7 Å². The van der Waals surface area contributed by atoms with Crippen LogP contribution in [0.4, 0.5) is 0 Å². The predicted octanol–water partition coefficient (Wildman–Crippen LogP) is 3.11. The van der Waals surface area contributed by atoms with Crippen LogP contribution in [0.15, 0.2) is 59.5 Å². The number of carbonyl (C=O) groups excluding carboxylic acids is 1. The smallest absolute Gasteiger partial charge is 0.257 e. The molecule has 0 bridgehead atoms. The van der Waals surface area contributed by atoms with Crippen LogP contribution >= 0.6 is 0 Å². The minimum atomic E-state index is -0.358. The molecule has 2 aromatic heterocycles. The van der Waals surface area contributed by atoms with Gasteiger partial charge >= 0.3 is 0 Å². The minimum Gasteiger partial charge on any atom is -0.438 e. The van der Waals surface area contributed by atoms with E-state index in [1.165, 1.54) is 0 Å². The number of carbonyl (C=O) groups is 1. The van der Waals surface area contributed by atoms with Crippen molar-refractivity contribution in [2.45, 2.75) is 20.4 Å². The van der Waals surface area contributed by atoms with E-state index in [2.05, 4.69) is 15.3 Å². The molecule has 2 N–H and O–H groups in total. The molecular formula is C20H19N3O3. The first-order chi connectivity index (χ1) is 12.5. The van der Waals surface area contributed by atoms with Crippen molar-refractivity contribution in [3.8, 4) is 11.6 Å². The van der Waals surface area contributed by atoms with E-state index >= 15 is 0 Å². The van der Waals surface area contributed by atoms with Gasteiger partial charge in [-0.2, -0.15) is 0 Å². The van der Waals surface area contributed by atoms with Crippen LogP contribution in [0, 0.1) is 13.8 Å². The molecule has 3 aromatic rings. The lowest BCUT2D eigenvalue weighted by molar-refractivity contribution is 0.0948. The molecule has 3 rings (SSSR count). The van der Waals surface area contributed by atoms with Gasteiger partial charge in [0.2, 0.25) is 5.88 Å².